The van der Waals surface area contributed by atoms with E-state index in [9.17, 15) is 5.11 Å². The lowest BCUT2D eigenvalue weighted by Gasteiger charge is -2.32. The van der Waals surface area contributed by atoms with Crippen LogP contribution in [0.1, 0.15) is 39.0 Å². The monoisotopic (exact) mass is 183 g/mol. The van der Waals surface area contributed by atoms with E-state index in [1.807, 2.05) is 0 Å². The second kappa shape index (κ2) is 3.97. The first-order valence-corrected chi connectivity index (χ1v) is 5.69. The summed E-state index contributed by atoms with van der Waals surface area (Å²) in [5.41, 5.74) is 0. The molecule has 0 amide bonds. The molecule has 1 aliphatic carbocycles. The summed E-state index contributed by atoms with van der Waals surface area (Å²) in [6.07, 6.45) is 6.63. The number of aliphatic hydroxyl groups is 1. The standard InChI is InChI=1S/C11H21NO/c1-9-4-2-6-11(9)12-7-3-5-10(12)8-13/h9-11,13H,2-8H2,1H3/t9?,10-,11?/m1/s1. The van der Waals surface area contributed by atoms with Crippen molar-refractivity contribution in [1.29, 1.82) is 0 Å². The number of rotatable bonds is 2. The molecule has 2 rings (SSSR count). The Morgan fingerprint density at radius 1 is 1.23 bits per heavy atom. The number of hydrogen-bond donors (Lipinski definition) is 1. The van der Waals surface area contributed by atoms with Gasteiger partial charge in [0, 0.05) is 12.1 Å². The molecule has 1 aliphatic heterocycles. The van der Waals surface area contributed by atoms with Crippen molar-refractivity contribution in [3.8, 4) is 0 Å². The molecule has 3 atom stereocenters. The Labute approximate surface area is 80.9 Å². The Hall–Kier alpha value is -0.0800. The highest BCUT2D eigenvalue weighted by atomic mass is 16.3. The Balaban J connectivity index is 1.98. The number of nitrogens with zero attached hydrogens (tertiary/aromatic N) is 1. The van der Waals surface area contributed by atoms with E-state index >= 15 is 0 Å². The molecule has 13 heavy (non-hydrogen) atoms. The number of likely N-dealkylation sites (tertiary alicyclic amines) is 1. The number of hydrogen-bond acceptors (Lipinski definition) is 2. The Morgan fingerprint density at radius 3 is 2.69 bits per heavy atom. The summed E-state index contributed by atoms with van der Waals surface area (Å²) in [5, 5.41) is 9.24. The maximum absolute atomic E-state index is 9.24. The zero-order chi connectivity index (χ0) is 9.26. The maximum Gasteiger partial charge on any atom is 0.0586 e. The molecule has 2 nitrogen and oxygen atoms in total. The predicted octanol–water partition coefficient (Wildman–Crippen LogP) is 1.63. The van der Waals surface area contributed by atoms with Crippen molar-refractivity contribution >= 4 is 0 Å². The molecule has 0 bridgehead atoms. The maximum atomic E-state index is 9.24. The largest absolute Gasteiger partial charge is 0.395 e. The summed E-state index contributed by atoms with van der Waals surface area (Å²) in [4.78, 5) is 2.57. The first-order valence-electron chi connectivity index (χ1n) is 5.69. The Morgan fingerprint density at radius 2 is 2.08 bits per heavy atom. The van der Waals surface area contributed by atoms with E-state index in [2.05, 4.69) is 11.8 Å². The first-order chi connectivity index (χ1) is 6.33. The van der Waals surface area contributed by atoms with Gasteiger partial charge in [0.05, 0.1) is 6.61 Å². The predicted molar refractivity (Wildman–Crippen MR) is 53.6 cm³/mol. The van der Waals surface area contributed by atoms with Gasteiger partial charge in [0.1, 0.15) is 0 Å². The first kappa shape index (κ1) is 9.47. The molecule has 2 aliphatic rings. The molecule has 0 aromatic carbocycles. The highest BCUT2D eigenvalue weighted by Gasteiger charge is 2.35. The molecule has 0 radical (unpaired) electrons. The highest BCUT2D eigenvalue weighted by Crippen LogP contribution is 2.33. The van der Waals surface area contributed by atoms with Gasteiger partial charge >= 0.3 is 0 Å². The van der Waals surface area contributed by atoms with Crippen LogP contribution in [0.5, 0.6) is 0 Å². The zero-order valence-electron chi connectivity index (χ0n) is 8.58. The van der Waals surface area contributed by atoms with Crippen LogP contribution in [0.2, 0.25) is 0 Å². The van der Waals surface area contributed by atoms with Crippen molar-refractivity contribution < 1.29 is 5.11 Å². The molecule has 2 heteroatoms. The average molecular weight is 183 g/mol. The summed E-state index contributed by atoms with van der Waals surface area (Å²) in [6, 6.07) is 1.25. The smallest absolute Gasteiger partial charge is 0.0586 e. The molecular formula is C11H21NO. The molecule has 1 N–H and O–H groups in total. The second-order valence-corrected chi connectivity index (χ2v) is 4.69. The van der Waals surface area contributed by atoms with E-state index in [1.54, 1.807) is 0 Å². The lowest BCUT2D eigenvalue weighted by molar-refractivity contribution is 0.103. The van der Waals surface area contributed by atoms with Gasteiger partial charge in [0.25, 0.3) is 0 Å². The summed E-state index contributed by atoms with van der Waals surface area (Å²) in [7, 11) is 0. The minimum Gasteiger partial charge on any atom is -0.395 e. The van der Waals surface area contributed by atoms with Crippen molar-refractivity contribution in [2.24, 2.45) is 5.92 Å². The van der Waals surface area contributed by atoms with Crippen molar-refractivity contribution in [2.45, 2.75) is 51.1 Å². The van der Waals surface area contributed by atoms with Crippen LogP contribution in [0, 0.1) is 5.92 Å². The summed E-state index contributed by atoms with van der Waals surface area (Å²) < 4.78 is 0. The SMILES string of the molecule is CC1CCCC1N1CCC[C@@H]1CO. The van der Waals surface area contributed by atoms with E-state index in [4.69, 9.17) is 0 Å². The minimum absolute atomic E-state index is 0.364. The molecule has 76 valence electrons. The molecule has 0 aromatic heterocycles. The van der Waals surface area contributed by atoms with Crippen molar-refractivity contribution in [3.05, 3.63) is 0 Å². The lowest BCUT2D eigenvalue weighted by Crippen LogP contribution is -2.42. The average Bonchev–Trinajstić information content (AvgIpc) is 2.71. The second-order valence-electron chi connectivity index (χ2n) is 4.69. The van der Waals surface area contributed by atoms with Crippen LogP contribution in [-0.4, -0.2) is 35.2 Å². The van der Waals surface area contributed by atoms with Crippen molar-refractivity contribution in [3.63, 3.8) is 0 Å². The topological polar surface area (TPSA) is 23.5 Å². The molecule has 2 fully saturated rings. The Bertz CT molecular complexity index is 171. The Kier molecular flexibility index (Phi) is 2.89. The van der Waals surface area contributed by atoms with Crippen molar-refractivity contribution in [1.82, 2.24) is 4.90 Å². The van der Waals surface area contributed by atoms with Gasteiger partial charge in [0.15, 0.2) is 0 Å². The lowest BCUT2D eigenvalue weighted by atomic mass is 10.0. The molecule has 1 saturated carbocycles. The van der Waals surface area contributed by atoms with Gasteiger partial charge in [-0.2, -0.15) is 0 Å². The van der Waals surface area contributed by atoms with Crippen LogP contribution in [0.25, 0.3) is 0 Å². The minimum atomic E-state index is 0.364. The molecule has 1 heterocycles. The molecule has 1 saturated heterocycles. The van der Waals surface area contributed by atoms with Gasteiger partial charge in [-0.3, -0.25) is 4.90 Å². The third kappa shape index (κ3) is 1.75. The highest BCUT2D eigenvalue weighted by molar-refractivity contribution is 4.89. The fraction of sp³-hybridized carbons (Fsp3) is 1.00. The van der Waals surface area contributed by atoms with Gasteiger partial charge in [-0.25, -0.2) is 0 Å². The third-order valence-electron chi connectivity index (χ3n) is 3.88. The van der Waals surface area contributed by atoms with E-state index in [-0.39, 0.29) is 0 Å². The molecule has 0 spiro atoms. The molecular weight excluding hydrogens is 162 g/mol. The third-order valence-corrected chi connectivity index (χ3v) is 3.88. The van der Waals surface area contributed by atoms with E-state index in [0.717, 1.165) is 12.0 Å². The van der Waals surface area contributed by atoms with Crippen LogP contribution < -0.4 is 0 Å². The molecule has 2 unspecified atom stereocenters. The summed E-state index contributed by atoms with van der Waals surface area (Å²) in [6.45, 7) is 3.95. The van der Waals surface area contributed by atoms with Gasteiger partial charge in [-0.05, 0) is 38.1 Å². The van der Waals surface area contributed by atoms with E-state index in [0.29, 0.717) is 12.6 Å². The number of aliphatic hydroxyl groups excluding tert-OH is 1. The van der Waals surface area contributed by atoms with Crippen LogP contribution in [0.15, 0.2) is 0 Å². The van der Waals surface area contributed by atoms with Crippen molar-refractivity contribution in [2.75, 3.05) is 13.2 Å². The van der Waals surface area contributed by atoms with Crippen LogP contribution in [0.4, 0.5) is 0 Å². The summed E-state index contributed by atoms with van der Waals surface area (Å²) >= 11 is 0. The fourth-order valence-electron chi connectivity index (χ4n) is 3.11. The van der Waals surface area contributed by atoms with Gasteiger partial charge in [-0.15, -0.1) is 0 Å². The van der Waals surface area contributed by atoms with Crippen LogP contribution in [-0.2, 0) is 0 Å². The van der Waals surface area contributed by atoms with E-state index in [1.165, 1.54) is 38.6 Å². The van der Waals surface area contributed by atoms with Crippen LogP contribution in [0.3, 0.4) is 0 Å². The van der Waals surface area contributed by atoms with Gasteiger partial charge < -0.3 is 5.11 Å². The van der Waals surface area contributed by atoms with Gasteiger partial charge in [-0.1, -0.05) is 13.3 Å². The zero-order valence-corrected chi connectivity index (χ0v) is 8.58. The fourth-order valence-corrected chi connectivity index (χ4v) is 3.11. The summed E-state index contributed by atoms with van der Waals surface area (Å²) in [5.74, 6) is 0.854. The van der Waals surface area contributed by atoms with Crippen LogP contribution >= 0.6 is 0 Å². The quantitative estimate of drug-likeness (QED) is 0.703. The normalized spacial score (nSPS) is 41.5. The molecule has 0 aromatic rings. The van der Waals surface area contributed by atoms with Gasteiger partial charge in [0.2, 0.25) is 0 Å². The van der Waals surface area contributed by atoms with E-state index < -0.39 is 0 Å².